The number of phenolic OH excluding ortho intramolecular Hbond substituents is 1. The lowest BCUT2D eigenvalue weighted by molar-refractivity contribution is 0.475. The van der Waals surface area contributed by atoms with Crippen LogP contribution in [-0.2, 0) is 6.54 Å². The molecule has 0 atom stereocenters. The molecule has 0 unspecified atom stereocenters. The van der Waals surface area contributed by atoms with E-state index < -0.39 is 0 Å². The highest BCUT2D eigenvalue weighted by Crippen LogP contribution is 2.17. The number of nitrogens with zero attached hydrogens (tertiary/aromatic N) is 1. The average molecular weight is 250 g/mol. The molecular weight excluding hydrogens is 236 g/mol. The van der Waals surface area contributed by atoms with E-state index in [9.17, 15) is 5.11 Å². The summed E-state index contributed by atoms with van der Waals surface area (Å²) in [7, 11) is 0. The van der Waals surface area contributed by atoms with Crippen LogP contribution in [0.2, 0.25) is 0 Å². The number of phenols is 1. The van der Waals surface area contributed by atoms with Crippen LogP contribution in [0.4, 0.5) is 5.69 Å². The van der Waals surface area contributed by atoms with Crippen molar-refractivity contribution in [2.75, 3.05) is 5.32 Å². The third-order valence-corrected chi connectivity index (χ3v) is 3.07. The van der Waals surface area contributed by atoms with E-state index in [0.29, 0.717) is 0 Å². The first-order chi connectivity index (χ1) is 9.31. The fourth-order valence-corrected chi connectivity index (χ4v) is 2.03. The van der Waals surface area contributed by atoms with E-state index in [1.54, 1.807) is 18.3 Å². The van der Waals surface area contributed by atoms with Crippen LogP contribution in [0, 0.1) is 0 Å². The van der Waals surface area contributed by atoms with Gasteiger partial charge in [0.2, 0.25) is 0 Å². The molecule has 2 aromatic carbocycles. The number of hydrogen-bond donors (Lipinski definition) is 2. The van der Waals surface area contributed by atoms with E-state index in [1.165, 1.54) is 10.9 Å². The standard InChI is InChI=1S/C16H14N2O/c19-16-5-3-15(4-6-16)18-10-12-1-2-14-11-17-8-7-13(14)9-12/h1-9,11,18-19H,10H2. The molecule has 0 fully saturated rings. The maximum absolute atomic E-state index is 9.23. The summed E-state index contributed by atoms with van der Waals surface area (Å²) >= 11 is 0. The lowest BCUT2D eigenvalue weighted by Gasteiger charge is -2.07. The van der Waals surface area contributed by atoms with Crippen LogP contribution in [0.3, 0.4) is 0 Å². The summed E-state index contributed by atoms with van der Waals surface area (Å²) < 4.78 is 0. The van der Waals surface area contributed by atoms with E-state index in [4.69, 9.17) is 0 Å². The Kier molecular flexibility index (Phi) is 3.02. The fourth-order valence-electron chi connectivity index (χ4n) is 2.03. The maximum Gasteiger partial charge on any atom is 0.115 e. The smallest absolute Gasteiger partial charge is 0.115 e. The number of rotatable bonds is 3. The second-order valence-corrected chi connectivity index (χ2v) is 4.46. The quantitative estimate of drug-likeness (QED) is 0.699. The van der Waals surface area contributed by atoms with Crippen LogP contribution in [0.1, 0.15) is 5.56 Å². The molecule has 0 spiro atoms. The number of nitrogens with one attached hydrogen (secondary N) is 1. The van der Waals surface area contributed by atoms with Gasteiger partial charge in [-0.25, -0.2) is 0 Å². The SMILES string of the molecule is Oc1ccc(NCc2ccc3cnccc3c2)cc1. The van der Waals surface area contributed by atoms with Gasteiger partial charge in [0.25, 0.3) is 0 Å². The van der Waals surface area contributed by atoms with Crippen molar-refractivity contribution in [1.82, 2.24) is 4.98 Å². The zero-order valence-corrected chi connectivity index (χ0v) is 10.4. The van der Waals surface area contributed by atoms with Gasteiger partial charge in [0.15, 0.2) is 0 Å². The van der Waals surface area contributed by atoms with E-state index in [1.807, 2.05) is 24.4 Å². The molecule has 0 aliphatic heterocycles. The first-order valence-corrected chi connectivity index (χ1v) is 6.17. The normalized spacial score (nSPS) is 10.5. The Bertz CT molecular complexity index is 692. The summed E-state index contributed by atoms with van der Waals surface area (Å²) in [5.41, 5.74) is 2.21. The third kappa shape index (κ3) is 2.65. The van der Waals surface area contributed by atoms with Crippen LogP contribution in [0.25, 0.3) is 10.8 Å². The topological polar surface area (TPSA) is 45.1 Å². The van der Waals surface area contributed by atoms with E-state index in [2.05, 4.69) is 28.5 Å². The molecule has 3 rings (SSSR count). The summed E-state index contributed by atoms with van der Waals surface area (Å²) in [4.78, 5) is 4.11. The van der Waals surface area contributed by atoms with Crippen molar-refractivity contribution in [2.24, 2.45) is 0 Å². The lowest BCUT2D eigenvalue weighted by atomic mass is 10.1. The summed E-state index contributed by atoms with van der Waals surface area (Å²) in [6, 6.07) is 15.4. The van der Waals surface area contributed by atoms with Crippen molar-refractivity contribution >= 4 is 16.5 Å². The summed E-state index contributed by atoms with van der Waals surface area (Å²) in [6.07, 6.45) is 3.67. The molecule has 0 amide bonds. The third-order valence-electron chi connectivity index (χ3n) is 3.07. The molecule has 0 saturated heterocycles. The van der Waals surface area contributed by atoms with Gasteiger partial charge in [-0.1, -0.05) is 12.1 Å². The highest BCUT2D eigenvalue weighted by Gasteiger charge is 1.97. The Morgan fingerprint density at radius 2 is 1.79 bits per heavy atom. The van der Waals surface area contributed by atoms with Crippen LogP contribution >= 0.6 is 0 Å². The molecule has 3 heteroatoms. The molecule has 0 radical (unpaired) electrons. The molecule has 1 aromatic heterocycles. The van der Waals surface area contributed by atoms with Crippen molar-refractivity contribution in [1.29, 1.82) is 0 Å². The first kappa shape index (κ1) is 11.5. The molecule has 0 saturated carbocycles. The predicted molar refractivity (Wildman–Crippen MR) is 77.2 cm³/mol. The van der Waals surface area contributed by atoms with Crippen LogP contribution in [-0.4, -0.2) is 10.1 Å². The molecule has 19 heavy (non-hydrogen) atoms. The Morgan fingerprint density at radius 1 is 0.947 bits per heavy atom. The van der Waals surface area contributed by atoms with Crippen molar-refractivity contribution in [3.63, 3.8) is 0 Å². The van der Waals surface area contributed by atoms with Crippen molar-refractivity contribution in [3.05, 3.63) is 66.5 Å². The molecule has 0 aliphatic carbocycles. The second kappa shape index (κ2) is 4.98. The lowest BCUT2D eigenvalue weighted by Crippen LogP contribution is -1.98. The highest BCUT2D eigenvalue weighted by molar-refractivity contribution is 5.82. The average Bonchev–Trinajstić information content (AvgIpc) is 2.46. The minimum Gasteiger partial charge on any atom is -0.508 e. The molecular formula is C16H14N2O. The van der Waals surface area contributed by atoms with Gasteiger partial charge in [-0.3, -0.25) is 4.98 Å². The Morgan fingerprint density at radius 3 is 2.63 bits per heavy atom. The van der Waals surface area contributed by atoms with Gasteiger partial charge >= 0.3 is 0 Å². The van der Waals surface area contributed by atoms with Gasteiger partial charge in [0.05, 0.1) is 0 Å². The maximum atomic E-state index is 9.23. The van der Waals surface area contributed by atoms with E-state index in [0.717, 1.165) is 17.6 Å². The largest absolute Gasteiger partial charge is 0.508 e. The van der Waals surface area contributed by atoms with E-state index in [-0.39, 0.29) is 5.75 Å². The Labute approximate surface area is 111 Å². The van der Waals surface area contributed by atoms with E-state index >= 15 is 0 Å². The number of pyridine rings is 1. The number of benzene rings is 2. The monoisotopic (exact) mass is 250 g/mol. The second-order valence-electron chi connectivity index (χ2n) is 4.46. The summed E-state index contributed by atoms with van der Waals surface area (Å²) in [6.45, 7) is 0.753. The van der Waals surface area contributed by atoms with Gasteiger partial charge in [0, 0.05) is 30.0 Å². The van der Waals surface area contributed by atoms with Gasteiger partial charge < -0.3 is 10.4 Å². The van der Waals surface area contributed by atoms with Gasteiger partial charge in [0.1, 0.15) is 5.75 Å². The first-order valence-electron chi connectivity index (χ1n) is 6.17. The Hall–Kier alpha value is -2.55. The predicted octanol–water partition coefficient (Wildman–Crippen LogP) is 3.55. The Balaban J connectivity index is 1.76. The highest BCUT2D eigenvalue weighted by atomic mass is 16.3. The summed E-state index contributed by atoms with van der Waals surface area (Å²) in [5.74, 6) is 0.281. The minimum atomic E-state index is 0.281. The number of aromatic hydroxyl groups is 1. The van der Waals surface area contributed by atoms with Crippen molar-refractivity contribution < 1.29 is 5.11 Å². The van der Waals surface area contributed by atoms with Crippen molar-refractivity contribution in [2.45, 2.75) is 6.54 Å². The van der Waals surface area contributed by atoms with Gasteiger partial charge in [-0.15, -0.1) is 0 Å². The molecule has 0 bridgehead atoms. The number of aromatic nitrogens is 1. The van der Waals surface area contributed by atoms with Gasteiger partial charge in [-0.2, -0.15) is 0 Å². The zero-order chi connectivity index (χ0) is 13.1. The zero-order valence-electron chi connectivity index (χ0n) is 10.4. The van der Waals surface area contributed by atoms with Crippen LogP contribution < -0.4 is 5.32 Å². The number of anilines is 1. The molecule has 94 valence electrons. The number of fused-ring (bicyclic) bond motifs is 1. The molecule has 2 N–H and O–H groups in total. The van der Waals surface area contributed by atoms with Crippen molar-refractivity contribution in [3.8, 4) is 5.75 Å². The fraction of sp³-hybridized carbons (Fsp3) is 0.0625. The van der Waals surface area contributed by atoms with Crippen LogP contribution in [0.5, 0.6) is 5.75 Å². The minimum absolute atomic E-state index is 0.281. The number of hydrogen-bond acceptors (Lipinski definition) is 3. The van der Waals surface area contributed by atoms with Crippen LogP contribution in [0.15, 0.2) is 60.9 Å². The molecule has 1 heterocycles. The molecule has 3 nitrogen and oxygen atoms in total. The molecule has 3 aromatic rings. The molecule has 0 aliphatic rings. The van der Waals surface area contributed by atoms with Gasteiger partial charge in [-0.05, 0) is 47.3 Å². The summed E-state index contributed by atoms with van der Waals surface area (Å²) in [5, 5.41) is 14.9.